The van der Waals surface area contributed by atoms with E-state index in [2.05, 4.69) is 51.6 Å². The molecule has 0 bridgehead atoms. The molecule has 0 spiro atoms. The Morgan fingerprint density at radius 2 is 2.00 bits per heavy atom. The Labute approximate surface area is 119 Å². The molecule has 1 saturated carbocycles. The van der Waals surface area contributed by atoms with E-state index in [1.54, 1.807) is 0 Å². The molecule has 4 nitrogen and oxygen atoms in total. The van der Waals surface area contributed by atoms with Gasteiger partial charge in [0.15, 0.2) is 0 Å². The summed E-state index contributed by atoms with van der Waals surface area (Å²) in [6.07, 6.45) is 5.15. The number of hydrogen-bond acceptors (Lipinski definition) is 3. The average Bonchev–Trinajstić information content (AvgIpc) is 2.95. The van der Waals surface area contributed by atoms with Gasteiger partial charge < -0.3 is 0 Å². The Balaban J connectivity index is 1.90. The lowest BCUT2D eigenvalue weighted by atomic mass is 9.79. The van der Waals surface area contributed by atoms with Crippen molar-refractivity contribution in [2.24, 2.45) is 0 Å². The summed E-state index contributed by atoms with van der Waals surface area (Å²) in [6.45, 7) is 1.00. The molecule has 0 amide bonds. The summed E-state index contributed by atoms with van der Waals surface area (Å²) in [6, 6.07) is 9.20. The van der Waals surface area contributed by atoms with Gasteiger partial charge in [-0.1, -0.05) is 37.1 Å². The second-order valence-electron chi connectivity index (χ2n) is 6.09. The molecule has 4 heteroatoms. The van der Waals surface area contributed by atoms with Crippen molar-refractivity contribution in [2.75, 3.05) is 7.05 Å². The number of benzene rings is 1. The molecule has 2 unspecified atom stereocenters. The van der Waals surface area contributed by atoms with Crippen LogP contribution in [-0.2, 0) is 6.54 Å². The summed E-state index contributed by atoms with van der Waals surface area (Å²) in [5, 5.41) is 11.8. The van der Waals surface area contributed by atoms with E-state index in [4.69, 9.17) is 0 Å². The van der Waals surface area contributed by atoms with Crippen molar-refractivity contribution >= 4 is 0 Å². The van der Waals surface area contributed by atoms with Crippen LogP contribution >= 0.6 is 0 Å². The van der Waals surface area contributed by atoms with Gasteiger partial charge in [0.05, 0.1) is 5.69 Å². The Kier molecular flexibility index (Phi) is 2.84. The Morgan fingerprint density at radius 3 is 2.95 bits per heavy atom. The summed E-state index contributed by atoms with van der Waals surface area (Å²) in [7, 11) is 2.25. The fourth-order valence-corrected chi connectivity index (χ4v) is 3.93. The van der Waals surface area contributed by atoms with Crippen molar-refractivity contribution in [3.05, 3.63) is 35.5 Å². The number of likely N-dealkylation sites (N-methyl/N-ethyl adjacent to an activating group) is 1. The van der Waals surface area contributed by atoms with Crippen LogP contribution in [0.25, 0.3) is 11.3 Å². The third-order valence-corrected chi connectivity index (χ3v) is 4.91. The van der Waals surface area contributed by atoms with E-state index in [-0.39, 0.29) is 0 Å². The second kappa shape index (κ2) is 4.70. The van der Waals surface area contributed by atoms with E-state index in [0.717, 1.165) is 12.2 Å². The Hall–Kier alpha value is -1.68. The number of aromatic nitrogens is 3. The average molecular weight is 268 g/mol. The zero-order valence-electron chi connectivity index (χ0n) is 11.8. The zero-order chi connectivity index (χ0) is 13.5. The van der Waals surface area contributed by atoms with Gasteiger partial charge in [0, 0.05) is 24.1 Å². The number of fused-ring (bicyclic) bond motifs is 5. The number of hydrogen-bond donors (Lipinski definition) is 1. The van der Waals surface area contributed by atoms with Crippen molar-refractivity contribution in [1.82, 2.24) is 20.3 Å². The smallest absolute Gasteiger partial charge is 0.116 e. The summed E-state index contributed by atoms with van der Waals surface area (Å²) in [4.78, 5) is 2.51. The molecule has 0 saturated heterocycles. The first-order chi connectivity index (χ1) is 9.84. The van der Waals surface area contributed by atoms with Crippen LogP contribution in [0.1, 0.15) is 42.9 Å². The fraction of sp³-hybridized carbons (Fsp3) is 0.500. The first-order valence-corrected chi connectivity index (χ1v) is 7.54. The van der Waals surface area contributed by atoms with Crippen LogP contribution in [-0.4, -0.2) is 33.4 Å². The van der Waals surface area contributed by atoms with Gasteiger partial charge in [0.25, 0.3) is 0 Å². The lowest BCUT2D eigenvalue weighted by Gasteiger charge is -2.39. The maximum atomic E-state index is 4.51. The largest absolute Gasteiger partial charge is 0.298 e. The number of rotatable bonds is 0. The summed E-state index contributed by atoms with van der Waals surface area (Å²) in [5.41, 5.74) is 4.85. The standard InChI is InChI=1S/C16H20N4/c1-20-10-11-6-2-3-7-12(11)15-16(18-19-17-15)13-8-4-5-9-14(13)20/h2-3,6-7,13-14H,4-5,8-10H2,1H3,(H,17,18,19). The van der Waals surface area contributed by atoms with Crippen LogP contribution in [0, 0.1) is 0 Å². The van der Waals surface area contributed by atoms with Crippen LogP contribution in [0.2, 0.25) is 0 Å². The van der Waals surface area contributed by atoms with Gasteiger partial charge in [-0.25, -0.2) is 0 Å². The Bertz CT molecular complexity index is 618. The van der Waals surface area contributed by atoms with Gasteiger partial charge in [-0.05, 0) is 25.5 Å². The molecule has 1 aromatic heterocycles. The molecule has 20 heavy (non-hydrogen) atoms. The normalized spacial score (nSPS) is 26.1. The topological polar surface area (TPSA) is 44.8 Å². The minimum absolute atomic E-state index is 0.524. The molecular formula is C16H20N4. The maximum Gasteiger partial charge on any atom is 0.116 e. The lowest BCUT2D eigenvalue weighted by Crippen LogP contribution is -2.39. The highest BCUT2D eigenvalue weighted by molar-refractivity contribution is 5.66. The highest BCUT2D eigenvalue weighted by Crippen LogP contribution is 2.41. The van der Waals surface area contributed by atoms with Crippen LogP contribution in [0.15, 0.2) is 24.3 Å². The molecule has 1 aliphatic carbocycles. The molecule has 104 valence electrons. The predicted molar refractivity (Wildman–Crippen MR) is 78.3 cm³/mol. The van der Waals surface area contributed by atoms with Crippen molar-refractivity contribution in [1.29, 1.82) is 0 Å². The van der Waals surface area contributed by atoms with E-state index < -0.39 is 0 Å². The van der Waals surface area contributed by atoms with Gasteiger partial charge in [0.2, 0.25) is 0 Å². The predicted octanol–water partition coefficient (Wildman–Crippen LogP) is 2.94. The highest BCUT2D eigenvalue weighted by Gasteiger charge is 2.35. The number of H-pyrrole nitrogens is 1. The van der Waals surface area contributed by atoms with Crippen LogP contribution in [0.5, 0.6) is 0 Å². The zero-order valence-corrected chi connectivity index (χ0v) is 11.8. The molecule has 1 aliphatic heterocycles. The monoisotopic (exact) mass is 268 g/mol. The first-order valence-electron chi connectivity index (χ1n) is 7.54. The van der Waals surface area contributed by atoms with Crippen molar-refractivity contribution in [3.8, 4) is 11.3 Å². The molecule has 1 N–H and O–H groups in total. The van der Waals surface area contributed by atoms with Gasteiger partial charge in [-0.3, -0.25) is 4.90 Å². The van der Waals surface area contributed by atoms with E-state index >= 15 is 0 Å². The molecule has 1 fully saturated rings. The van der Waals surface area contributed by atoms with Crippen LogP contribution in [0.3, 0.4) is 0 Å². The van der Waals surface area contributed by atoms with Gasteiger partial charge in [-0.2, -0.15) is 15.4 Å². The van der Waals surface area contributed by atoms with E-state index in [1.807, 2.05) is 0 Å². The molecule has 0 radical (unpaired) electrons. The van der Waals surface area contributed by atoms with Crippen molar-refractivity contribution in [3.63, 3.8) is 0 Å². The minimum atomic E-state index is 0.524. The molecule has 4 rings (SSSR count). The minimum Gasteiger partial charge on any atom is -0.298 e. The van der Waals surface area contributed by atoms with Crippen LogP contribution < -0.4 is 0 Å². The number of aromatic amines is 1. The fourth-order valence-electron chi connectivity index (χ4n) is 3.93. The van der Waals surface area contributed by atoms with Crippen molar-refractivity contribution in [2.45, 2.75) is 44.2 Å². The molecule has 2 atom stereocenters. The Morgan fingerprint density at radius 1 is 1.15 bits per heavy atom. The maximum absolute atomic E-state index is 4.51. The quantitative estimate of drug-likeness (QED) is 0.799. The second-order valence-corrected chi connectivity index (χ2v) is 6.09. The van der Waals surface area contributed by atoms with Crippen molar-refractivity contribution < 1.29 is 0 Å². The highest BCUT2D eigenvalue weighted by atomic mass is 15.3. The molecular weight excluding hydrogens is 248 g/mol. The van der Waals surface area contributed by atoms with E-state index in [0.29, 0.717) is 12.0 Å². The van der Waals surface area contributed by atoms with E-state index in [9.17, 15) is 0 Å². The summed E-state index contributed by atoms with van der Waals surface area (Å²) >= 11 is 0. The first kappa shape index (κ1) is 12.1. The molecule has 1 aromatic carbocycles. The number of nitrogens with one attached hydrogen (secondary N) is 1. The van der Waals surface area contributed by atoms with Gasteiger partial charge in [0.1, 0.15) is 5.69 Å². The molecule has 2 aromatic rings. The van der Waals surface area contributed by atoms with Crippen LogP contribution in [0.4, 0.5) is 0 Å². The summed E-state index contributed by atoms with van der Waals surface area (Å²) in [5.74, 6) is 0.524. The SMILES string of the molecule is CN1Cc2ccccc2-c2n[nH]nc2C2CCCCC21. The van der Waals surface area contributed by atoms with Gasteiger partial charge >= 0.3 is 0 Å². The van der Waals surface area contributed by atoms with E-state index in [1.165, 1.54) is 42.5 Å². The van der Waals surface area contributed by atoms with Gasteiger partial charge in [-0.15, -0.1) is 0 Å². The lowest BCUT2D eigenvalue weighted by molar-refractivity contribution is 0.157. The molecule has 2 heterocycles. The summed E-state index contributed by atoms with van der Waals surface area (Å²) < 4.78 is 0. The number of nitrogens with zero attached hydrogens (tertiary/aromatic N) is 3. The molecule has 2 aliphatic rings. The third kappa shape index (κ3) is 1.79. The third-order valence-electron chi connectivity index (χ3n) is 4.91.